The van der Waals surface area contributed by atoms with E-state index in [1.807, 2.05) is 42.3 Å². The van der Waals surface area contributed by atoms with Crippen LogP contribution >= 0.6 is 11.6 Å². The monoisotopic (exact) mass is 487 g/mol. The van der Waals surface area contributed by atoms with E-state index in [0.717, 1.165) is 9.99 Å². The van der Waals surface area contributed by atoms with Crippen LogP contribution in [0, 0.1) is 0 Å². The van der Waals surface area contributed by atoms with Gasteiger partial charge in [0.25, 0.3) is 10.0 Å². The molecule has 0 saturated heterocycles. The maximum atomic E-state index is 13.4. The molecule has 0 aromatic heterocycles. The fraction of sp³-hybridized carbons (Fsp3) is 0.208. The summed E-state index contributed by atoms with van der Waals surface area (Å²) in [6.45, 7) is 0.525. The topological polar surface area (TPSA) is 79.0 Å². The summed E-state index contributed by atoms with van der Waals surface area (Å²) < 4.78 is 32.9. The lowest BCUT2D eigenvalue weighted by atomic mass is 10.3. The molecule has 0 unspecified atom stereocenters. The van der Waals surface area contributed by atoms with Crippen molar-refractivity contribution in [1.82, 2.24) is 5.32 Å². The SMILES string of the molecule is COc1ccc(N(CC(=O)NCCN(C)c2ccccc2)S(=O)(=O)c2ccccc2)cc1Cl. The van der Waals surface area contributed by atoms with E-state index >= 15 is 0 Å². The van der Waals surface area contributed by atoms with Gasteiger partial charge in [0.1, 0.15) is 12.3 Å². The largest absolute Gasteiger partial charge is 0.495 e. The van der Waals surface area contributed by atoms with Crippen LogP contribution in [0.2, 0.25) is 5.02 Å². The first-order chi connectivity index (χ1) is 15.8. The van der Waals surface area contributed by atoms with Gasteiger partial charge in [-0.15, -0.1) is 0 Å². The third kappa shape index (κ3) is 6.18. The number of hydrogen-bond donors (Lipinski definition) is 1. The van der Waals surface area contributed by atoms with Gasteiger partial charge in [-0.05, 0) is 42.5 Å². The van der Waals surface area contributed by atoms with Gasteiger partial charge in [-0.1, -0.05) is 48.0 Å². The third-order valence-corrected chi connectivity index (χ3v) is 7.09. The molecule has 1 N–H and O–H groups in total. The molecule has 0 aliphatic rings. The predicted octanol–water partition coefficient (Wildman–Crippen LogP) is 3.80. The number of ether oxygens (including phenoxy) is 1. The fourth-order valence-electron chi connectivity index (χ4n) is 3.21. The highest BCUT2D eigenvalue weighted by atomic mass is 35.5. The molecule has 174 valence electrons. The van der Waals surface area contributed by atoms with E-state index in [4.69, 9.17) is 16.3 Å². The third-order valence-electron chi connectivity index (χ3n) is 5.01. The first-order valence-electron chi connectivity index (χ1n) is 10.3. The summed E-state index contributed by atoms with van der Waals surface area (Å²) >= 11 is 6.23. The number of sulfonamides is 1. The van der Waals surface area contributed by atoms with E-state index in [0.29, 0.717) is 18.8 Å². The number of carbonyl (C=O) groups is 1. The number of benzene rings is 3. The quantitative estimate of drug-likeness (QED) is 0.470. The second-order valence-electron chi connectivity index (χ2n) is 7.25. The Bertz CT molecular complexity index is 1170. The van der Waals surface area contributed by atoms with E-state index in [1.54, 1.807) is 30.3 Å². The van der Waals surface area contributed by atoms with Gasteiger partial charge in [-0.25, -0.2) is 8.42 Å². The lowest BCUT2D eigenvalue weighted by Gasteiger charge is -2.25. The van der Waals surface area contributed by atoms with Gasteiger partial charge in [-0.2, -0.15) is 0 Å². The van der Waals surface area contributed by atoms with Gasteiger partial charge in [0.2, 0.25) is 5.91 Å². The smallest absolute Gasteiger partial charge is 0.264 e. The van der Waals surface area contributed by atoms with Crippen molar-refractivity contribution >= 4 is 38.9 Å². The van der Waals surface area contributed by atoms with Gasteiger partial charge >= 0.3 is 0 Å². The number of amides is 1. The summed E-state index contributed by atoms with van der Waals surface area (Å²) in [7, 11) is -0.612. The Morgan fingerprint density at radius 1 is 0.970 bits per heavy atom. The number of carbonyl (C=O) groups excluding carboxylic acids is 1. The van der Waals surface area contributed by atoms with Crippen molar-refractivity contribution in [2.24, 2.45) is 0 Å². The number of rotatable bonds is 10. The molecule has 0 heterocycles. The molecule has 7 nitrogen and oxygen atoms in total. The van der Waals surface area contributed by atoms with Crippen LogP contribution in [0.5, 0.6) is 5.75 Å². The molecule has 0 fully saturated rings. The highest BCUT2D eigenvalue weighted by Gasteiger charge is 2.27. The summed E-state index contributed by atoms with van der Waals surface area (Å²) in [5, 5.41) is 3.04. The molecule has 0 aliphatic heterocycles. The average molecular weight is 488 g/mol. The number of nitrogens with zero attached hydrogens (tertiary/aromatic N) is 2. The zero-order valence-corrected chi connectivity index (χ0v) is 20.0. The fourth-order valence-corrected chi connectivity index (χ4v) is 4.89. The molecule has 0 spiro atoms. The second-order valence-corrected chi connectivity index (χ2v) is 9.52. The lowest BCUT2D eigenvalue weighted by Crippen LogP contribution is -2.42. The lowest BCUT2D eigenvalue weighted by molar-refractivity contribution is -0.119. The van der Waals surface area contributed by atoms with E-state index in [-0.39, 0.29) is 15.6 Å². The van der Waals surface area contributed by atoms with Crippen LogP contribution in [0.4, 0.5) is 11.4 Å². The minimum absolute atomic E-state index is 0.0774. The van der Waals surface area contributed by atoms with Gasteiger partial charge < -0.3 is 15.0 Å². The van der Waals surface area contributed by atoms with Crippen LogP contribution in [0.3, 0.4) is 0 Å². The number of anilines is 2. The van der Waals surface area contributed by atoms with E-state index in [2.05, 4.69) is 5.32 Å². The Hall–Kier alpha value is -3.23. The summed E-state index contributed by atoms with van der Waals surface area (Å²) in [4.78, 5) is 14.8. The van der Waals surface area contributed by atoms with Crippen LogP contribution in [0.1, 0.15) is 0 Å². The predicted molar refractivity (Wildman–Crippen MR) is 132 cm³/mol. The molecule has 0 atom stereocenters. The van der Waals surface area contributed by atoms with Crippen molar-refractivity contribution in [3.8, 4) is 5.75 Å². The summed E-state index contributed by atoms with van der Waals surface area (Å²) in [5.74, 6) is -0.0196. The Morgan fingerprint density at radius 3 is 2.21 bits per heavy atom. The zero-order valence-electron chi connectivity index (χ0n) is 18.4. The molecule has 3 rings (SSSR count). The highest BCUT2D eigenvalue weighted by molar-refractivity contribution is 7.92. The average Bonchev–Trinajstić information content (AvgIpc) is 2.83. The van der Waals surface area contributed by atoms with Crippen molar-refractivity contribution in [3.63, 3.8) is 0 Å². The van der Waals surface area contributed by atoms with Crippen LogP contribution in [0.25, 0.3) is 0 Å². The van der Waals surface area contributed by atoms with Gasteiger partial charge in [0.15, 0.2) is 0 Å². The molecular formula is C24H26ClN3O4S. The van der Waals surface area contributed by atoms with Crippen LogP contribution in [0.15, 0.2) is 83.8 Å². The first-order valence-corrected chi connectivity index (χ1v) is 12.1. The molecule has 0 saturated carbocycles. The number of hydrogen-bond acceptors (Lipinski definition) is 5. The van der Waals surface area contributed by atoms with E-state index < -0.39 is 22.5 Å². The molecule has 3 aromatic carbocycles. The van der Waals surface area contributed by atoms with Crippen LogP contribution in [-0.4, -0.2) is 48.1 Å². The van der Waals surface area contributed by atoms with Gasteiger partial charge in [0.05, 0.1) is 22.7 Å². The maximum Gasteiger partial charge on any atom is 0.264 e. The van der Waals surface area contributed by atoms with Crippen molar-refractivity contribution < 1.29 is 17.9 Å². The second kappa shape index (κ2) is 11.1. The molecule has 1 amide bonds. The number of likely N-dealkylation sites (N-methyl/N-ethyl adjacent to an activating group) is 1. The van der Waals surface area contributed by atoms with E-state index in [1.165, 1.54) is 25.3 Å². The molecule has 0 radical (unpaired) electrons. The zero-order chi connectivity index (χ0) is 23.8. The van der Waals surface area contributed by atoms with Crippen molar-refractivity contribution in [3.05, 3.63) is 83.9 Å². The van der Waals surface area contributed by atoms with Crippen LogP contribution < -0.4 is 19.3 Å². The molecule has 3 aromatic rings. The molecule has 9 heteroatoms. The summed E-state index contributed by atoms with van der Waals surface area (Å²) in [5.41, 5.74) is 1.29. The van der Waals surface area contributed by atoms with Crippen molar-refractivity contribution in [2.45, 2.75) is 4.90 Å². The molecule has 0 aliphatic carbocycles. The van der Waals surface area contributed by atoms with Gasteiger partial charge in [-0.3, -0.25) is 9.10 Å². The molecular weight excluding hydrogens is 462 g/mol. The Balaban J connectivity index is 1.77. The Kier molecular flexibility index (Phi) is 8.19. The maximum absolute atomic E-state index is 13.4. The number of halogens is 1. The number of para-hydroxylation sites is 1. The van der Waals surface area contributed by atoms with Crippen LogP contribution in [-0.2, 0) is 14.8 Å². The van der Waals surface area contributed by atoms with Gasteiger partial charge in [0, 0.05) is 25.8 Å². The minimum atomic E-state index is -4.01. The normalized spacial score (nSPS) is 11.0. The molecule has 33 heavy (non-hydrogen) atoms. The Labute approximate surface area is 199 Å². The highest BCUT2D eigenvalue weighted by Crippen LogP contribution is 2.31. The number of nitrogens with one attached hydrogen (secondary N) is 1. The summed E-state index contributed by atoms with van der Waals surface area (Å²) in [6.07, 6.45) is 0. The minimum Gasteiger partial charge on any atom is -0.495 e. The summed E-state index contributed by atoms with van der Waals surface area (Å²) in [6, 6.07) is 22.3. The van der Waals surface area contributed by atoms with Crippen molar-refractivity contribution in [2.75, 3.05) is 43.0 Å². The Morgan fingerprint density at radius 2 is 1.61 bits per heavy atom. The number of methoxy groups -OCH3 is 1. The van der Waals surface area contributed by atoms with Crippen molar-refractivity contribution in [1.29, 1.82) is 0 Å². The molecule has 0 bridgehead atoms. The van der Waals surface area contributed by atoms with E-state index in [9.17, 15) is 13.2 Å². The standard InChI is InChI=1S/C24H26ClN3O4S/c1-27(19-9-5-3-6-10-19)16-15-26-24(29)18-28(20-13-14-23(32-2)22(25)17-20)33(30,31)21-11-7-4-8-12-21/h3-14,17H,15-16,18H2,1-2H3,(H,26,29). The first kappa shape index (κ1) is 24.4.